The molecule has 0 N–H and O–H groups in total. The number of rotatable bonds is 9. The molecule has 1 aromatic rings. The SMILES string of the molecule is COC(=O)C(CCCCOC1CCCO1)[Se]c1ccccc1. The molecular weight excluding hydrogens is 347 g/mol. The van der Waals surface area contributed by atoms with Gasteiger partial charge in [-0.3, -0.25) is 0 Å². The van der Waals surface area contributed by atoms with E-state index in [1.54, 1.807) is 0 Å². The number of hydrogen-bond acceptors (Lipinski definition) is 4. The van der Waals surface area contributed by atoms with Gasteiger partial charge in [-0.05, 0) is 0 Å². The first-order valence-corrected chi connectivity index (χ1v) is 9.67. The van der Waals surface area contributed by atoms with Gasteiger partial charge in [0.05, 0.1) is 0 Å². The minimum absolute atomic E-state index is 0.00931. The maximum absolute atomic E-state index is 11.9. The zero-order valence-corrected chi connectivity index (χ0v) is 14.7. The standard InChI is InChI=1S/C17H24O4Se/c1-19-17(18)15(22-14-8-3-2-4-9-14)10-5-6-12-20-16-11-7-13-21-16/h2-4,8-9,15-16H,5-7,10-13H2,1H3. The summed E-state index contributed by atoms with van der Waals surface area (Å²) >= 11 is 0.115. The van der Waals surface area contributed by atoms with E-state index in [2.05, 4.69) is 12.1 Å². The first kappa shape index (κ1) is 17.5. The number of methoxy groups -OCH3 is 1. The van der Waals surface area contributed by atoms with Crippen molar-refractivity contribution >= 4 is 25.4 Å². The molecule has 5 heteroatoms. The summed E-state index contributed by atoms with van der Waals surface area (Å²) in [6.45, 7) is 1.52. The average molecular weight is 371 g/mol. The van der Waals surface area contributed by atoms with Crippen molar-refractivity contribution in [2.75, 3.05) is 20.3 Å². The molecule has 1 saturated heterocycles. The summed E-state index contributed by atoms with van der Waals surface area (Å²) in [5, 5.41) is 0. The van der Waals surface area contributed by atoms with Crippen molar-refractivity contribution < 1.29 is 19.0 Å². The predicted molar refractivity (Wildman–Crippen MR) is 86.4 cm³/mol. The Labute approximate surface area is 138 Å². The molecule has 0 radical (unpaired) electrons. The van der Waals surface area contributed by atoms with Crippen LogP contribution in [0.15, 0.2) is 30.3 Å². The normalized spacial score (nSPS) is 19.0. The third kappa shape index (κ3) is 6.09. The van der Waals surface area contributed by atoms with Crippen LogP contribution in [0.4, 0.5) is 0 Å². The molecule has 2 atom stereocenters. The second-order valence-corrected chi connectivity index (χ2v) is 7.93. The fraction of sp³-hybridized carbons (Fsp3) is 0.588. The van der Waals surface area contributed by atoms with E-state index < -0.39 is 0 Å². The molecule has 0 spiro atoms. The molecule has 1 aliphatic heterocycles. The van der Waals surface area contributed by atoms with E-state index in [9.17, 15) is 4.79 Å². The molecule has 0 aliphatic carbocycles. The summed E-state index contributed by atoms with van der Waals surface area (Å²) in [7, 11) is 1.47. The number of unbranched alkanes of at least 4 members (excludes halogenated alkanes) is 1. The molecule has 122 valence electrons. The zero-order chi connectivity index (χ0) is 15.6. The number of esters is 1. The molecular formula is C17H24O4Se. The van der Waals surface area contributed by atoms with E-state index in [1.165, 1.54) is 11.6 Å². The molecule has 2 rings (SSSR count). The van der Waals surface area contributed by atoms with Crippen LogP contribution in [0.5, 0.6) is 0 Å². The van der Waals surface area contributed by atoms with Crippen LogP contribution in [0, 0.1) is 0 Å². The first-order chi connectivity index (χ1) is 10.8. The van der Waals surface area contributed by atoms with E-state index in [0.717, 1.165) is 38.7 Å². The van der Waals surface area contributed by atoms with Gasteiger partial charge in [-0.1, -0.05) is 0 Å². The number of ether oxygens (including phenoxy) is 3. The van der Waals surface area contributed by atoms with Crippen molar-refractivity contribution in [1.29, 1.82) is 0 Å². The van der Waals surface area contributed by atoms with Crippen LogP contribution >= 0.6 is 0 Å². The van der Waals surface area contributed by atoms with Crippen molar-refractivity contribution in [1.82, 2.24) is 0 Å². The average Bonchev–Trinajstić information content (AvgIpc) is 3.07. The molecule has 0 amide bonds. The summed E-state index contributed by atoms with van der Waals surface area (Å²) in [6.07, 6.45) is 4.87. The molecule has 1 fully saturated rings. The predicted octanol–water partition coefficient (Wildman–Crippen LogP) is 2.30. The maximum atomic E-state index is 11.9. The molecule has 0 bridgehead atoms. The van der Waals surface area contributed by atoms with E-state index in [4.69, 9.17) is 14.2 Å². The Morgan fingerprint density at radius 3 is 2.86 bits per heavy atom. The van der Waals surface area contributed by atoms with Crippen LogP contribution in [0.1, 0.15) is 32.1 Å². The third-order valence-corrected chi connectivity index (χ3v) is 6.18. The molecule has 1 aromatic carbocycles. The summed E-state index contributed by atoms with van der Waals surface area (Å²) < 4.78 is 17.3. The van der Waals surface area contributed by atoms with Crippen LogP contribution in [-0.4, -0.2) is 47.5 Å². The molecule has 22 heavy (non-hydrogen) atoms. The van der Waals surface area contributed by atoms with Gasteiger partial charge in [0, 0.05) is 0 Å². The van der Waals surface area contributed by atoms with Crippen LogP contribution in [0.2, 0.25) is 4.82 Å². The van der Waals surface area contributed by atoms with Gasteiger partial charge < -0.3 is 0 Å². The number of carbonyl (C=O) groups is 1. The second-order valence-electron chi connectivity index (χ2n) is 5.25. The van der Waals surface area contributed by atoms with Crippen molar-refractivity contribution in [3.63, 3.8) is 0 Å². The molecule has 0 saturated carbocycles. The molecule has 1 heterocycles. The molecule has 0 aromatic heterocycles. The molecule has 4 nitrogen and oxygen atoms in total. The topological polar surface area (TPSA) is 44.8 Å². The zero-order valence-electron chi connectivity index (χ0n) is 13.0. The van der Waals surface area contributed by atoms with Gasteiger partial charge in [0.25, 0.3) is 0 Å². The molecule has 1 aliphatic rings. The summed E-state index contributed by atoms with van der Waals surface area (Å²) in [5.41, 5.74) is 0. The van der Waals surface area contributed by atoms with E-state index in [0.29, 0.717) is 6.61 Å². The van der Waals surface area contributed by atoms with Crippen LogP contribution in [0.3, 0.4) is 0 Å². The van der Waals surface area contributed by atoms with Gasteiger partial charge in [0.15, 0.2) is 0 Å². The Bertz CT molecular complexity index is 432. The van der Waals surface area contributed by atoms with Crippen molar-refractivity contribution in [2.45, 2.75) is 43.2 Å². The van der Waals surface area contributed by atoms with E-state index >= 15 is 0 Å². The molecule has 2 unspecified atom stereocenters. The Hall–Kier alpha value is -0.871. The number of hydrogen-bond donors (Lipinski definition) is 0. The fourth-order valence-corrected chi connectivity index (χ4v) is 4.70. The summed E-state index contributed by atoms with van der Waals surface area (Å²) in [4.78, 5) is 11.9. The van der Waals surface area contributed by atoms with Gasteiger partial charge in [-0.15, -0.1) is 0 Å². The van der Waals surface area contributed by atoms with Gasteiger partial charge in [0.1, 0.15) is 0 Å². The van der Waals surface area contributed by atoms with Crippen LogP contribution in [-0.2, 0) is 19.0 Å². The summed E-state index contributed by atoms with van der Waals surface area (Å²) in [6, 6.07) is 10.2. The van der Waals surface area contributed by atoms with Gasteiger partial charge in [0.2, 0.25) is 0 Å². The Kier molecular flexibility index (Phi) is 7.95. The van der Waals surface area contributed by atoms with Crippen LogP contribution < -0.4 is 4.46 Å². The Balaban J connectivity index is 1.69. The Morgan fingerprint density at radius 1 is 1.36 bits per heavy atom. The number of carbonyl (C=O) groups excluding carboxylic acids is 1. The Morgan fingerprint density at radius 2 is 2.18 bits per heavy atom. The quantitative estimate of drug-likeness (QED) is 0.380. The van der Waals surface area contributed by atoms with Crippen molar-refractivity contribution in [3.8, 4) is 0 Å². The summed E-state index contributed by atoms with van der Waals surface area (Å²) in [5.74, 6) is -0.0936. The van der Waals surface area contributed by atoms with Gasteiger partial charge >= 0.3 is 138 Å². The van der Waals surface area contributed by atoms with E-state index in [1.807, 2.05) is 18.2 Å². The first-order valence-electron chi connectivity index (χ1n) is 7.82. The minimum atomic E-state index is -0.0936. The fourth-order valence-electron chi connectivity index (χ4n) is 2.35. The van der Waals surface area contributed by atoms with Gasteiger partial charge in [-0.2, -0.15) is 0 Å². The van der Waals surface area contributed by atoms with Crippen LogP contribution in [0.25, 0.3) is 0 Å². The van der Waals surface area contributed by atoms with Crippen molar-refractivity contribution in [2.24, 2.45) is 0 Å². The van der Waals surface area contributed by atoms with Gasteiger partial charge in [-0.25, -0.2) is 0 Å². The third-order valence-electron chi connectivity index (χ3n) is 3.54. The second kappa shape index (κ2) is 10.0. The monoisotopic (exact) mass is 372 g/mol. The van der Waals surface area contributed by atoms with Crippen molar-refractivity contribution in [3.05, 3.63) is 30.3 Å². The number of benzene rings is 1. The van der Waals surface area contributed by atoms with E-state index in [-0.39, 0.29) is 32.0 Å².